The van der Waals surface area contributed by atoms with Crippen molar-refractivity contribution in [1.82, 2.24) is 4.90 Å². The number of carboxylic acids is 1. The number of benzene rings is 1. The number of piperidine rings is 1. The zero-order valence-corrected chi connectivity index (χ0v) is 13.7. The number of carboxylic acid groups (broad SMARTS) is 1. The van der Waals surface area contributed by atoms with E-state index in [2.05, 4.69) is 24.2 Å². The van der Waals surface area contributed by atoms with Crippen LogP contribution < -0.4 is 5.32 Å². The number of likely N-dealkylation sites (tertiary alicyclic amines) is 1. The van der Waals surface area contributed by atoms with Crippen LogP contribution in [0.15, 0.2) is 23.1 Å². The first-order chi connectivity index (χ1) is 10.0. The molecule has 1 aliphatic rings. The Morgan fingerprint density at radius 1 is 1.52 bits per heavy atom. The fraction of sp³-hybridized carbons (Fsp3) is 0.562. The van der Waals surface area contributed by atoms with E-state index in [4.69, 9.17) is 0 Å². The third-order valence-electron chi connectivity index (χ3n) is 4.11. The molecule has 0 aromatic heterocycles. The number of hydrogen-bond donors (Lipinski definition) is 2. The molecule has 2 unspecified atom stereocenters. The molecule has 0 radical (unpaired) electrons. The number of anilines is 1. The summed E-state index contributed by atoms with van der Waals surface area (Å²) in [5.74, 6) is 0.0182. The van der Waals surface area contributed by atoms with Gasteiger partial charge in [-0.15, -0.1) is 11.8 Å². The SMILES string of the molecule is CCSc1cccc(NC2CCN(C)C(C)C2)c1C(=O)O. The Bertz CT molecular complexity index is 507. The monoisotopic (exact) mass is 308 g/mol. The number of thioether (sulfide) groups is 1. The molecule has 116 valence electrons. The summed E-state index contributed by atoms with van der Waals surface area (Å²) in [5, 5.41) is 13.0. The molecule has 0 amide bonds. The van der Waals surface area contributed by atoms with E-state index in [-0.39, 0.29) is 0 Å². The summed E-state index contributed by atoms with van der Waals surface area (Å²) >= 11 is 1.58. The fourth-order valence-electron chi connectivity index (χ4n) is 2.79. The molecule has 0 saturated carbocycles. The van der Waals surface area contributed by atoms with E-state index in [0.29, 0.717) is 17.6 Å². The summed E-state index contributed by atoms with van der Waals surface area (Å²) in [6.45, 7) is 5.30. The van der Waals surface area contributed by atoms with Gasteiger partial charge < -0.3 is 15.3 Å². The quantitative estimate of drug-likeness (QED) is 0.817. The Morgan fingerprint density at radius 2 is 2.29 bits per heavy atom. The molecule has 21 heavy (non-hydrogen) atoms. The highest BCUT2D eigenvalue weighted by atomic mass is 32.2. The average Bonchev–Trinajstić information content (AvgIpc) is 2.43. The molecule has 0 spiro atoms. The minimum Gasteiger partial charge on any atom is -0.478 e. The number of hydrogen-bond acceptors (Lipinski definition) is 4. The van der Waals surface area contributed by atoms with Crippen molar-refractivity contribution in [2.45, 2.75) is 43.7 Å². The standard InChI is InChI=1S/C16H24N2O2S/c1-4-21-14-7-5-6-13(15(14)16(19)20)17-12-8-9-18(3)11(2)10-12/h5-7,11-12,17H,4,8-10H2,1-3H3,(H,19,20). The van der Waals surface area contributed by atoms with Crippen LogP contribution in [-0.4, -0.2) is 47.4 Å². The third-order valence-corrected chi connectivity index (χ3v) is 5.05. The maximum atomic E-state index is 11.6. The van der Waals surface area contributed by atoms with Crippen LogP contribution in [0.5, 0.6) is 0 Å². The van der Waals surface area contributed by atoms with Gasteiger partial charge >= 0.3 is 5.97 Å². The topological polar surface area (TPSA) is 52.6 Å². The minimum absolute atomic E-state index is 0.344. The molecular weight excluding hydrogens is 284 g/mol. The Labute approximate surface area is 130 Å². The van der Waals surface area contributed by atoms with E-state index >= 15 is 0 Å². The van der Waals surface area contributed by atoms with Crippen molar-refractivity contribution in [3.05, 3.63) is 23.8 Å². The molecule has 1 aromatic rings. The number of nitrogens with zero attached hydrogens (tertiary/aromatic N) is 1. The van der Waals surface area contributed by atoms with Gasteiger partial charge in [-0.1, -0.05) is 13.0 Å². The summed E-state index contributed by atoms with van der Waals surface area (Å²) in [7, 11) is 2.14. The van der Waals surface area contributed by atoms with Gasteiger partial charge in [-0.25, -0.2) is 4.79 Å². The summed E-state index contributed by atoms with van der Waals surface area (Å²) in [5.41, 5.74) is 1.17. The van der Waals surface area contributed by atoms with Crippen molar-refractivity contribution < 1.29 is 9.90 Å². The maximum Gasteiger partial charge on any atom is 0.338 e. The van der Waals surface area contributed by atoms with Gasteiger partial charge in [-0.3, -0.25) is 0 Å². The third kappa shape index (κ3) is 3.92. The highest BCUT2D eigenvalue weighted by Gasteiger charge is 2.24. The van der Waals surface area contributed by atoms with Crippen molar-refractivity contribution >= 4 is 23.4 Å². The highest BCUT2D eigenvalue weighted by Crippen LogP contribution is 2.30. The van der Waals surface area contributed by atoms with E-state index in [1.807, 2.05) is 25.1 Å². The van der Waals surface area contributed by atoms with E-state index in [1.165, 1.54) is 0 Å². The van der Waals surface area contributed by atoms with Crippen molar-refractivity contribution in [2.75, 3.05) is 24.7 Å². The lowest BCUT2D eigenvalue weighted by Gasteiger charge is -2.36. The second-order valence-electron chi connectivity index (χ2n) is 5.61. The summed E-state index contributed by atoms with van der Waals surface area (Å²) < 4.78 is 0. The predicted octanol–water partition coefficient (Wildman–Crippen LogP) is 3.39. The molecule has 1 fully saturated rings. The fourth-order valence-corrected chi connectivity index (χ4v) is 3.62. The van der Waals surface area contributed by atoms with Gasteiger partial charge in [0.1, 0.15) is 0 Å². The Morgan fingerprint density at radius 3 is 2.90 bits per heavy atom. The van der Waals surface area contributed by atoms with E-state index in [0.717, 1.165) is 35.7 Å². The van der Waals surface area contributed by atoms with Crippen LogP contribution in [0, 0.1) is 0 Å². The molecule has 1 aromatic carbocycles. The van der Waals surface area contributed by atoms with Crippen molar-refractivity contribution in [2.24, 2.45) is 0 Å². The Hall–Kier alpha value is -1.20. The second-order valence-corrected chi connectivity index (χ2v) is 6.92. The molecule has 1 aliphatic heterocycles. The molecule has 2 atom stereocenters. The number of aromatic carboxylic acids is 1. The van der Waals surface area contributed by atoms with Crippen LogP contribution >= 0.6 is 11.8 Å². The van der Waals surface area contributed by atoms with Gasteiger partial charge in [0.15, 0.2) is 0 Å². The van der Waals surface area contributed by atoms with Crippen LogP contribution in [-0.2, 0) is 0 Å². The Balaban J connectivity index is 2.19. The lowest BCUT2D eigenvalue weighted by molar-refractivity contribution is 0.0694. The number of rotatable bonds is 5. The highest BCUT2D eigenvalue weighted by molar-refractivity contribution is 7.99. The molecular formula is C16H24N2O2S. The average molecular weight is 308 g/mol. The van der Waals surface area contributed by atoms with Crippen LogP contribution in [0.25, 0.3) is 0 Å². The van der Waals surface area contributed by atoms with Crippen LogP contribution in [0.3, 0.4) is 0 Å². The largest absolute Gasteiger partial charge is 0.478 e. The molecule has 5 heteroatoms. The first-order valence-electron chi connectivity index (χ1n) is 7.48. The smallest absolute Gasteiger partial charge is 0.338 e. The van der Waals surface area contributed by atoms with Gasteiger partial charge in [0.05, 0.1) is 11.3 Å². The van der Waals surface area contributed by atoms with E-state index in [9.17, 15) is 9.90 Å². The predicted molar refractivity (Wildman–Crippen MR) is 88.5 cm³/mol. The van der Waals surface area contributed by atoms with Gasteiger partial charge in [0.25, 0.3) is 0 Å². The normalized spacial score (nSPS) is 23.0. The lowest BCUT2D eigenvalue weighted by atomic mass is 9.98. The van der Waals surface area contributed by atoms with E-state index < -0.39 is 5.97 Å². The summed E-state index contributed by atoms with van der Waals surface area (Å²) in [4.78, 5) is 14.8. The van der Waals surface area contributed by atoms with Gasteiger partial charge in [-0.05, 0) is 44.7 Å². The lowest BCUT2D eigenvalue weighted by Crippen LogP contribution is -2.42. The first-order valence-corrected chi connectivity index (χ1v) is 8.47. The number of carbonyl (C=O) groups is 1. The minimum atomic E-state index is -0.852. The van der Waals surface area contributed by atoms with Crippen LogP contribution in [0.4, 0.5) is 5.69 Å². The molecule has 4 nitrogen and oxygen atoms in total. The van der Waals surface area contributed by atoms with Crippen LogP contribution in [0.2, 0.25) is 0 Å². The molecule has 2 rings (SSSR count). The molecule has 0 aliphatic carbocycles. The van der Waals surface area contributed by atoms with Crippen molar-refractivity contribution in [1.29, 1.82) is 0 Å². The maximum absolute atomic E-state index is 11.6. The van der Waals surface area contributed by atoms with Crippen molar-refractivity contribution in [3.8, 4) is 0 Å². The Kier molecular flexibility index (Phi) is 5.53. The zero-order valence-electron chi connectivity index (χ0n) is 12.9. The molecule has 1 heterocycles. The second kappa shape index (κ2) is 7.18. The summed E-state index contributed by atoms with van der Waals surface area (Å²) in [6.07, 6.45) is 2.09. The van der Waals surface area contributed by atoms with Crippen molar-refractivity contribution in [3.63, 3.8) is 0 Å². The summed E-state index contributed by atoms with van der Waals surface area (Å²) in [6, 6.07) is 6.58. The number of nitrogens with one attached hydrogen (secondary N) is 1. The van der Waals surface area contributed by atoms with Gasteiger partial charge in [0.2, 0.25) is 0 Å². The molecule has 1 saturated heterocycles. The molecule has 2 N–H and O–H groups in total. The van der Waals surface area contributed by atoms with Crippen LogP contribution in [0.1, 0.15) is 37.0 Å². The zero-order chi connectivity index (χ0) is 15.4. The van der Waals surface area contributed by atoms with E-state index in [1.54, 1.807) is 11.8 Å². The first kappa shape index (κ1) is 16.2. The van der Waals surface area contributed by atoms with Gasteiger partial charge in [-0.2, -0.15) is 0 Å². The molecule has 0 bridgehead atoms. The van der Waals surface area contributed by atoms with Gasteiger partial charge in [0, 0.05) is 23.5 Å².